The molecule has 0 saturated carbocycles. The van der Waals surface area contributed by atoms with Gasteiger partial charge in [0.2, 0.25) is 5.71 Å². The molecule has 3 aromatic rings. The number of benzene rings is 1. The van der Waals surface area contributed by atoms with E-state index in [-0.39, 0.29) is 11.7 Å². The Morgan fingerprint density at radius 1 is 1.11 bits per heavy atom. The van der Waals surface area contributed by atoms with Gasteiger partial charge in [-0.3, -0.25) is 4.79 Å². The van der Waals surface area contributed by atoms with Crippen LogP contribution in [-0.4, -0.2) is 73.3 Å². The van der Waals surface area contributed by atoms with Gasteiger partial charge in [-0.05, 0) is 62.9 Å². The lowest BCUT2D eigenvalue weighted by Crippen LogP contribution is -2.39. The Balaban J connectivity index is 1.17. The Hall–Kier alpha value is -3.04. The molecule has 0 radical (unpaired) electrons. The summed E-state index contributed by atoms with van der Waals surface area (Å²) in [4.78, 5) is 26.6. The van der Waals surface area contributed by atoms with E-state index >= 15 is 0 Å². The van der Waals surface area contributed by atoms with E-state index in [1.165, 1.54) is 18.5 Å². The van der Waals surface area contributed by atoms with Crippen molar-refractivity contribution in [3.8, 4) is 0 Å². The van der Waals surface area contributed by atoms with Crippen LogP contribution in [0.15, 0.2) is 35.0 Å². The van der Waals surface area contributed by atoms with Gasteiger partial charge in [0.05, 0.1) is 24.2 Å². The van der Waals surface area contributed by atoms with Crippen molar-refractivity contribution in [3.63, 3.8) is 0 Å². The molecule has 0 unspecified atom stereocenters. The number of rotatable bonds is 7. The van der Waals surface area contributed by atoms with Crippen LogP contribution in [0.1, 0.15) is 34.5 Å². The van der Waals surface area contributed by atoms with Gasteiger partial charge in [-0.15, -0.1) is 0 Å². The van der Waals surface area contributed by atoms with Gasteiger partial charge in [0, 0.05) is 26.2 Å². The monoisotopic (exact) mass is 481 g/mol. The van der Waals surface area contributed by atoms with Crippen molar-refractivity contribution in [1.82, 2.24) is 20.2 Å². The zero-order valence-corrected chi connectivity index (χ0v) is 20.1. The minimum atomic E-state index is -0.194. The van der Waals surface area contributed by atoms with Crippen LogP contribution in [0.3, 0.4) is 0 Å². The molecular formula is C26H32FN5O3. The van der Waals surface area contributed by atoms with Gasteiger partial charge in [-0.2, -0.15) is 0 Å². The second kappa shape index (κ2) is 10.7. The van der Waals surface area contributed by atoms with Crippen LogP contribution in [0.25, 0.3) is 11.1 Å². The van der Waals surface area contributed by atoms with Gasteiger partial charge in [0.15, 0.2) is 0 Å². The molecule has 186 valence electrons. The number of anilines is 1. The second-order valence-electron chi connectivity index (χ2n) is 9.38. The van der Waals surface area contributed by atoms with Crippen molar-refractivity contribution < 1.29 is 18.3 Å². The van der Waals surface area contributed by atoms with Gasteiger partial charge < -0.3 is 24.3 Å². The van der Waals surface area contributed by atoms with Crippen LogP contribution in [0.2, 0.25) is 0 Å². The SMILES string of the molecule is Cc1oc2ncnc(N3CCOCC3)c2c1C(=O)NCC1CCN(CCc2ccc(F)cc2)CC1. The summed E-state index contributed by atoms with van der Waals surface area (Å²) in [6.45, 7) is 8.12. The molecule has 2 aliphatic rings. The van der Waals surface area contributed by atoms with E-state index in [1.54, 1.807) is 6.92 Å². The van der Waals surface area contributed by atoms with Crippen LogP contribution in [0, 0.1) is 18.7 Å². The molecule has 1 aromatic carbocycles. The van der Waals surface area contributed by atoms with Gasteiger partial charge in [-0.1, -0.05) is 12.1 Å². The molecule has 5 rings (SSSR count). The number of aryl methyl sites for hydroxylation is 1. The maximum Gasteiger partial charge on any atom is 0.255 e. The zero-order valence-electron chi connectivity index (χ0n) is 20.1. The second-order valence-corrected chi connectivity index (χ2v) is 9.38. The summed E-state index contributed by atoms with van der Waals surface area (Å²) in [5, 5.41) is 3.82. The highest BCUT2D eigenvalue weighted by Crippen LogP contribution is 2.31. The molecule has 0 spiro atoms. The highest BCUT2D eigenvalue weighted by atomic mass is 19.1. The van der Waals surface area contributed by atoms with Crippen molar-refractivity contribution in [2.24, 2.45) is 5.92 Å². The molecule has 0 aliphatic carbocycles. The van der Waals surface area contributed by atoms with Crippen molar-refractivity contribution in [3.05, 3.63) is 53.3 Å². The van der Waals surface area contributed by atoms with E-state index in [2.05, 4.69) is 25.1 Å². The predicted octanol–water partition coefficient (Wildman–Crippen LogP) is 3.19. The summed E-state index contributed by atoms with van der Waals surface area (Å²) in [6, 6.07) is 6.75. The molecule has 4 heterocycles. The molecule has 0 atom stereocenters. The Kier molecular flexibility index (Phi) is 7.24. The predicted molar refractivity (Wildman–Crippen MR) is 131 cm³/mol. The normalized spacial score (nSPS) is 17.7. The lowest BCUT2D eigenvalue weighted by atomic mass is 9.96. The number of hydrogen-bond acceptors (Lipinski definition) is 7. The zero-order chi connectivity index (χ0) is 24.2. The third-order valence-electron chi connectivity index (χ3n) is 7.07. The molecule has 9 heteroatoms. The van der Waals surface area contributed by atoms with Gasteiger partial charge in [0.1, 0.15) is 23.7 Å². The lowest BCUT2D eigenvalue weighted by Gasteiger charge is -2.32. The van der Waals surface area contributed by atoms with Gasteiger partial charge in [-0.25, -0.2) is 14.4 Å². The number of carbonyl (C=O) groups is 1. The fraction of sp³-hybridized carbons (Fsp3) is 0.500. The molecular weight excluding hydrogens is 449 g/mol. The smallest absolute Gasteiger partial charge is 0.255 e. The Morgan fingerprint density at radius 2 is 1.86 bits per heavy atom. The number of likely N-dealkylation sites (tertiary alicyclic amines) is 1. The number of piperidine rings is 1. The number of fused-ring (bicyclic) bond motifs is 1. The summed E-state index contributed by atoms with van der Waals surface area (Å²) in [5.41, 5.74) is 2.13. The van der Waals surface area contributed by atoms with Crippen molar-refractivity contribution in [2.75, 3.05) is 57.4 Å². The first-order valence-corrected chi connectivity index (χ1v) is 12.4. The molecule has 2 saturated heterocycles. The van der Waals surface area contributed by atoms with Crippen LogP contribution in [0.5, 0.6) is 0 Å². The number of furan rings is 1. The molecule has 2 fully saturated rings. The molecule has 2 aliphatic heterocycles. The fourth-order valence-corrected chi connectivity index (χ4v) is 5.00. The van der Waals surface area contributed by atoms with E-state index < -0.39 is 0 Å². The molecule has 8 nitrogen and oxygen atoms in total. The van der Waals surface area contributed by atoms with Crippen molar-refractivity contribution >= 4 is 22.8 Å². The van der Waals surface area contributed by atoms with Crippen LogP contribution < -0.4 is 10.2 Å². The number of halogens is 1. The first-order chi connectivity index (χ1) is 17.1. The number of nitrogens with one attached hydrogen (secondary N) is 1. The van der Waals surface area contributed by atoms with E-state index in [0.29, 0.717) is 48.1 Å². The van der Waals surface area contributed by atoms with E-state index in [4.69, 9.17) is 9.15 Å². The number of amides is 1. The quantitative estimate of drug-likeness (QED) is 0.555. The number of hydrogen-bond donors (Lipinski definition) is 1. The number of aromatic nitrogens is 2. The minimum absolute atomic E-state index is 0.135. The highest BCUT2D eigenvalue weighted by molar-refractivity contribution is 6.10. The summed E-state index contributed by atoms with van der Waals surface area (Å²) >= 11 is 0. The van der Waals surface area contributed by atoms with E-state index in [9.17, 15) is 9.18 Å². The molecule has 1 amide bonds. The van der Waals surface area contributed by atoms with Gasteiger partial charge >= 0.3 is 0 Å². The first-order valence-electron chi connectivity index (χ1n) is 12.4. The van der Waals surface area contributed by atoms with Crippen LogP contribution >= 0.6 is 0 Å². The first kappa shape index (κ1) is 23.7. The van der Waals surface area contributed by atoms with Crippen LogP contribution in [0.4, 0.5) is 10.2 Å². The third kappa shape index (κ3) is 5.46. The standard InChI is InChI=1S/C26H32FN5O3/c1-18-22(23-24(29-17-30-26(23)35-18)32-12-14-34-15-13-32)25(33)28-16-20-7-10-31(11-8-20)9-6-19-2-4-21(27)5-3-19/h2-5,17,20H,6-16H2,1H3,(H,28,33). The largest absolute Gasteiger partial charge is 0.442 e. The summed E-state index contributed by atoms with van der Waals surface area (Å²) < 4.78 is 24.4. The lowest BCUT2D eigenvalue weighted by molar-refractivity contribution is 0.0936. The third-order valence-corrected chi connectivity index (χ3v) is 7.07. The molecule has 35 heavy (non-hydrogen) atoms. The van der Waals surface area contributed by atoms with Gasteiger partial charge in [0.25, 0.3) is 5.91 Å². The molecule has 2 aromatic heterocycles. The topological polar surface area (TPSA) is 83.7 Å². The highest BCUT2D eigenvalue weighted by Gasteiger charge is 2.27. The average Bonchev–Trinajstić information content (AvgIpc) is 3.24. The summed E-state index contributed by atoms with van der Waals surface area (Å²) in [6.07, 6.45) is 4.48. The van der Waals surface area contributed by atoms with E-state index in [1.807, 2.05) is 12.1 Å². The maximum absolute atomic E-state index is 13.3. The fourth-order valence-electron chi connectivity index (χ4n) is 5.00. The van der Waals surface area contributed by atoms with Crippen molar-refractivity contribution in [1.29, 1.82) is 0 Å². The minimum Gasteiger partial charge on any atom is -0.442 e. The van der Waals surface area contributed by atoms with E-state index in [0.717, 1.165) is 63.4 Å². The number of ether oxygens (including phenoxy) is 1. The average molecular weight is 482 g/mol. The summed E-state index contributed by atoms with van der Waals surface area (Å²) in [5.74, 6) is 1.40. The Labute approximate surface area is 204 Å². The maximum atomic E-state index is 13.3. The number of morpholine rings is 1. The molecule has 1 N–H and O–H groups in total. The number of carbonyl (C=O) groups excluding carboxylic acids is 1. The Morgan fingerprint density at radius 3 is 2.60 bits per heavy atom. The number of nitrogens with zero attached hydrogens (tertiary/aromatic N) is 4. The molecule has 0 bridgehead atoms. The Bertz CT molecular complexity index is 1150. The van der Waals surface area contributed by atoms with Crippen molar-refractivity contribution in [2.45, 2.75) is 26.2 Å². The van der Waals surface area contributed by atoms with Crippen LogP contribution in [-0.2, 0) is 11.2 Å². The summed E-state index contributed by atoms with van der Waals surface area (Å²) in [7, 11) is 0.